The Balaban J connectivity index is 1.90. The van der Waals surface area contributed by atoms with Gasteiger partial charge in [0.05, 0.1) is 6.61 Å². The molecule has 8 heteroatoms. The van der Waals surface area contributed by atoms with Crippen molar-refractivity contribution in [1.82, 2.24) is 4.98 Å². The molecule has 2 aromatic carbocycles. The lowest BCUT2D eigenvalue weighted by atomic mass is 10.1. The van der Waals surface area contributed by atoms with Gasteiger partial charge < -0.3 is 4.74 Å². The van der Waals surface area contributed by atoms with E-state index < -0.39 is 17.8 Å². The molecule has 2 amide bonds. The Hall–Kier alpha value is -3.26. The van der Waals surface area contributed by atoms with Crippen LogP contribution in [0.2, 0.25) is 0 Å². The fourth-order valence-corrected chi connectivity index (χ4v) is 3.29. The topological polar surface area (TPSA) is 80.3 Å². The van der Waals surface area contributed by atoms with E-state index in [0.717, 1.165) is 28.5 Å². The molecule has 28 heavy (non-hydrogen) atoms. The highest BCUT2D eigenvalue weighted by Gasteiger charge is 2.18. The van der Waals surface area contributed by atoms with Crippen molar-refractivity contribution in [2.24, 2.45) is 0 Å². The quantitative estimate of drug-likeness (QED) is 0.627. The first-order chi connectivity index (χ1) is 13.5. The lowest BCUT2D eigenvalue weighted by molar-refractivity contribution is 0.102. The summed E-state index contributed by atoms with van der Waals surface area (Å²) in [5, 5.41) is 6.01. The van der Waals surface area contributed by atoms with Crippen molar-refractivity contribution in [3.8, 4) is 11.3 Å². The smallest absolute Gasteiger partial charge is 0.412 e. The van der Waals surface area contributed by atoms with Crippen LogP contribution in [0.3, 0.4) is 0 Å². The first kappa shape index (κ1) is 19.5. The Morgan fingerprint density at radius 3 is 2.57 bits per heavy atom. The van der Waals surface area contributed by atoms with Gasteiger partial charge in [0.1, 0.15) is 16.5 Å². The highest BCUT2D eigenvalue weighted by Crippen LogP contribution is 2.36. The molecule has 0 saturated heterocycles. The molecule has 0 fully saturated rings. The molecule has 0 bridgehead atoms. The number of aryl methyl sites for hydroxylation is 1. The van der Waals surface area contributed by atoms with E-state index in [9.17, 15) is 14.0 Å². The Morgan fingerprint density at radius 2 is 1.89 bits per heavy atom. The van der Waals surface area contributed by atoms with Gasteiger partial charge in [0.15, 0.2) is 5.13 Å². The zero-order valence-corrected chi connectivity index (χ0v) is 16.1. The Labute approximate surface area is 165 Å². The summed E-state index contributed by atoms with van der Waals surface area (Å²) in [7, 11) is 0. The van der Waals surface area contributed by atoms with E-state index in [0.29, 0.717) is 10.7 Å². The highest BCUT2D eigenvalue weighted by molar-refractivity contribution is 7.20. The first-order valence-corrected chi connectivity index (χ1v) is 9.36. The average Bonchev–Trinajstić information content (AvgIpc) is 3.04. The molecular formula is C20H18FN3O3S. The van der Waals surface area contributed by atoms with Gasteiger partial charge in [0.25, 0.3) is 5.91 Å². The number of hydrogen-bond acceptors (Lipinski definition) is 5. The predicted molar refractivity (Wildman–Crippen MR) is 107 cm³/mol. The number of anilines is 2. The van der Waals surface area contributed by atoms with Crippen LogP contribution in [-0.4, -0.2) is 23.6 Å². The molecule has 3 aromatic rings. The number of nitrogens with zero attached hydrogens (tertiary/aromatic N) is 1. The molecular weight excluding hydrogens is 381 g/mol. The summed E-state index contributed by atoms with van der Waals surface area (Å²) in [6, 6.07) is 13.0. The van der Waals surface area contributed by atoms with Gasteiger partial charge in [0, 0.05) is 11.1 Å². The summed E-state index contributed by atoms with van der Waals surface area (Å²) in [6.45, 7) is 3.90. The highest BCUT2D eigenvalue weighted by atomic mass is 32.1. The van der Waals surface area contributed by atoms with Crippen molar-refractivity contribution in [3.05, 3.63) is 65.5 Å². The van der Waals surface area contributed by atoms with Crippen LogP contribution in [0, 0.1) is 12.7 Å². The van der Waals surface area contributed by atoms with Gasteiger partial charge in [-0.25, -0.2) is 14.2 Å². The van der Waals surface area contributed by atoms with Crippen LogP contribution in [0.5, 0.6) is 0 Å². The van der Waals surface area contributed by atoms with E-state index >= 15 is 0 Å². The molecule has 6 nitrogen and oxygen atoms in total. The summed E-state index contributed by atoms with van der Waals surface area (Å²) < 4.78 is 18.3. The zero-order valence-electron chi connectivity index (χ0n) is 15.3. The number of nitrogens with one attached hydrogen (secondary N) is 2. The summed E-state index contributed by atoms with van der Waals surface area (Å²) in [6.07, 6.45) is -0.609. The van der Waals surface area contributed by atoms with Crippen LogP contribution in [-0.2, 0) is 4.74 Å². The van der Waals surface area contributed by atoms with E-state index in [-0.39, 0.29) is 17.3 Å². The number of hydrogen-bond donors (Lipinski definition) is 2. The van der Waals surface area contributed by atoms with Crippen LogP contribution in [0.1, 0.15) is 22.8 Å². The molecule has 0 saturated carbocycles. The maximum Gasteiger partial charge on any atom is 0.412 e. The molecule has 0 aliphatic rings. The summed E-state index contributed by atoms with van der Waals surface area (Å²) in [5.41, 5.74) is 2.54. The predicted octanol–water partition coefficient (Wildman–Crippen LogP) is 5.08. The van der Waals surface area contributed by atoms with E-state index in [4.69, 9.17) is 4.74 Å². The Bertz CT molecular complexity index is 1000. The molecule has 2 N–H and O–H groups in total. The number of thiazole rings is 1. The maximum absolute atomic E-state index is 13.4. The SMILES string of the molecule is CCOC(=O)Nc1sc(NC(=O)c2cccc(F)c2)nc1-c1ccc(C)cc1. The standard InChI is InChI=1S/C20H18FN3O3S/c1-3-27-20(26)24-18-16(13-9-7-12(2)8-10-13)22-19(28-18)23-17(25)14-5-4-6-15(21)11-14/h4-11H,3H2,1-2H3,(H,24,26)(H,22,23,25). The minimum Gasteiger partial charge on any atom is -0.450 e. The molecule has 144 valence electrons. The van der Waals surface area contributed by atoms with E-state index in [1.165, 1.54) is 18.2 Å². The van der Waals surface area contributed by atoms with Crippen molar-refractivity contribution in [2.75, 3.05) is 17.2 Å². The minimum absolute atomic E-state index is 0.173. The average molecular weight is 399 g/mol. The molecule has 3 rings (SSSR count). The largest absolute Gasteiger partial charge is 0.450 e. The number of rotatable bonds is 5. The number of aromatic nitrogens is 1. The molecule has 0 spiro atoms. The van der Waals surface area contributed by atoms with E-state index in [1.807, 2.05) is 31.2 Å². The monoisotopic (exact) mass is 399 g/mol. The minimum atomic E-state index is -0.609. The summed E-state index contributed by atoms with van der Waals surface area (Å²) in [4.78, 5) is 28.7. The van der Waals surface area contributed by atoms with Gasteiger partial charge in [-0.15, -0.1) is 0 Å². The molecule has 1 aromatic heterocycles. The van der Waals surface area contributed by atoms with E-state index in [2.05, 4.69) is 15.6 Å². The van der Waals surface area contributed by atoms with Crippen molar-refractivity contribution < 1.29 is 18.7 Å². The van der Waals surface area contributed by atoms with Gasteiger partial charge in [0.2, 0.25) is 0 Å². The van der Waals surface area contributed by atoms with Crippen molar-refractivity contribution in [1.29, 1.82) is 0 Å². The third-order valence-electron chi connectivity index (χ3n) is 3.75. The molecule has 0 radical (unpaired) electrons. The second kappa shape index (κ2) is 8.62. The molecule has 0 aliphatic heterocycles. The van der Waals surface area contributed by atoms with Gasteiger partial charge in [-0.05, 0) is 32.0 Å². The molecule has 0 unspecified atom stereocenters. The maximum atomic E-state index is 13.4. The second-order valence-corrected chi connectivity index (χ2v) is 6.87. The van der Waals surface area contributed by atoms with Crippen LogP contribution in [0.25, 0.3) is 11.3 Å². The fraction of sp³-hybridized carbons (Fsp3) is 0.150. The number of halogens is 1. The Kier molecular flexibility index (Phi) is 6.00. The molecule has 1 heterocycles. The van der Waals surface area contributed by atoms with Gasteiger partial charge in [-0.1, -0.05) is 47.2 Å². The number of benzene rings is 2. The number of carbonyl (C=O) groups excluding carboxylic acids is 2. The lowest BCUT2D eigenvalue weighted by Crippen LogP contribution is -2.12. The van der Waals surface area contributed by atoms with Crippen LogP contribution in [0.15, 0.2) is 48.5 Å². The summed E-state index contributed by atoms with van der Waals surface area (Å²) in [5.74, 6) is -0.997. The van der Waals surface area contributed by atoms with Crippen LogP contribution < -0.4 is 10.6 Å². The fourth-order valence-electron chi connectivity index (χ4n) is 2.42. The first-order valence-electron chi connectivity index (χ1n) is 8.55. The van der Waals surface area contributed by atoms with E-state index in [1.54, 1.807) is 6.92 Å². The van der Waals surface area contributed by atoms with Crippen molar-refractivity contribution >= 4 is 33.5 Å². The third kappa shape index (κ3) is 4.72. The number of ether oxygens (including phenoxy) is 1. The van der Waals surface area contributed by atoms with Gasteiger partial charge in [-0.3, -0.25) is 15.4 Å². The van der Waals surface area contributed by atoms with Crippen molar-refractivity contribution in [3.63, 3.8) is 0 Å². The number of carbonyl (C=O) groups is 2. The zero-order chi connectivity index (χ0) is 20.1. The number of amides is 2. The lowest BCUT2D eigenvalue weighted by Gasteiger charge is -2.05. The van der Waals surface area contributed by atoms with Gasteiger partial charge >= 0.3 is 6.09 Å². The second-order valence-electron chi connectivity index (χ2n) is 5.87. The molecule has 0 aliphatic carbocycles. The molecule has 0 atom stereocenters. The van der Waals surface area contributed by atoms with Crippen LogP contribution >= 0.6 is 11.3 Å². The third-order valence-corrected chi connectivity index (χ3v) is 4.64. The summed E-state index contributed by atoms with van der Waals surface area (Å²) >= 11 is 1.09. The van der Waals surface area contributed by atoms with Crippen molar-refractivity contribution in [2.45, 2.75) is 13.8 Å². The Morgan fingerprint density at radius 1 is 1.14 bits per heavy atom. The van der Waals surface area contributed by atoms with Gasteiger partial charge in [-0.2, -0.15) is 0 Å². The van der Waals surface area contributed by atoms with Crippen LogP contribution in [0.4, 0.5) is 19.3 Å². The normalized spacial score (nSPS) is 10.4.